The average Bonchev–Trinajstić information content (AvgIpc) is 2.66. The Balaban J connectivity index is 0.00000163. The van der Waals surface area contributed by atoms with E-state index in [2.05, 4.69) is 39.3 Å². The van der Waals surface area contributed by atoms with E-state index >= 15 is 0 Å². The largest absolute Gasteiger partial charge is 0.349 e. The van der Waals surface area contributed by atoms with Crippen LogP contribution < -0.4 is 5.32 Å². The molecule has 0 bridgehead atoms. The molecule has 2 rings (SSSR count). The Hall–Kier alpha value is -1.65. The number of allylic oxidation sites excluding steroid dienone is 2. The van der Waals surface area contributed by atoms with Gasteiger partial charge in [0, 0.05) is 35.7 Å². The van der Waals surface area contributed by atoms with Crippen molar-refractivity contribution in [1.29, 1.82) is 0 Å². The molecule has 0 aliphatic carbocycles. The molecule has 1 heterocycles. The minimum absolute atomic E-state index is 0.00693. The SMILES string of the molecule is C=C/C=C(\C=C)CN1CCC(NC(=O)c2ccc(C)c(Br)c2)CC1.CC. The first-order valence-corrected chi connectivity index (χ1v) is 10.1. The molecule has 1 fully saturated rings. The molecule has 1 saturated heterocycles. The van der Waals surface area contributed by atoms with Crippen molar-refractivity contribution >= 4 is 21.8 Å². The van der Waals surface area contributed by atoms with E-state index in [1.54, 1.807) is 6.08 Å². The summed E-state index contributed by atoms with van der Waals surface area (Å²) in [5.41, 5.74) is 3.01. The summed E-state index contributed by atoms with van der Waals surface area (Å²) in [6.45, 7) is 16.4. The zero-order valence-electron chi connectivity index (χ0n) is 16.2. The number of nitrogens with zero attached hydrogens (tertiary/aromatic N) is 1. The molecular weight excluding hydrogens is 388 g/mol. The van der Waals surface area contributed by atoms with Gasteiger partial charge in [0.05, 0.1) is 0 Å². The summed E-state index contributed by atoms with van der Waals surface area (Å²) in [6, 6.07) is 5.96. The number of aryl methyl sites for hydroxylation is 1. The molecule has 1 amide bonds. The lowest BCUT2D eigenvalue weighted by Crippen LogP contribution is -2.45. The van der Waals surface area contributed by atoms with E-state index in [4.69, 9.17) is 0 Å². The number of benzene rings is 1. The number of rotatable bonds is 6. The van der Waals surface area contributed by atoms with Crippen molar-refractivity contribution < 1.29 is 4.79 Å². The van der Waals surface area contributed by atoms with Gasteiger partial charge in [0.1, 0.15) is 0 Å². The monoisotopic (exact) mass is 418 g/mol. The topological polar surface area (TPSA) is 32.3 Å². The van der Waals surface area contributed by atoms with Crippen LogP contribution in [0.15, 0.2) is 59.6 Å². The van der Waals surface area contributed by atoms with Crippen molar-refractivity contribution in [3.63, 3.8) is 0 Å². The van der Waals surface area contributed by atoms with Gasteiger partial charge < -0.3 is 5.32 Å². The van der Waals surface area contributed by atoms with Gasteiger partial charge in [-0.2, -0.15) is 0 Å². The summed E-state index contributed by atoms with van der Waals surface area (Å²) in [7, 11) is 0. The van der Waals surface area contributed by atoms with Gasteiger partial charge in [0.15, 0.2) is 0 Å². The first-order chi connectivity index (χ1) is 12.5. The number of likely N-dealkylation sites (tertiary alicyclic amines) is 1. The minimum atomic E-state index is 0.00693. The number of halogens is 1. The Bertz CT molecular complexity index is 644. The molecule has 1 aliphatic heterocycles. The van der Waals surface area contributed by atoms with Crippen molar-refractivity contribution in [2.75, 3.05) is 19.6 Å². The van der Waals surface area contributed by atoms with Crippen molar-refractivity contribution in [3.8, 4) is 0 Å². The maximum Gasteiger partial charge on any atom is 0.251 e. The van der Waals surface area contributed by atoms with Gasteiger partial charge in [0.25, 0.3) is 5.91 Å². The number of amides is 1. The summed E-state index contributed by atoms with van der Waals surface area (Å²) >= 11 is 3.48. The zero-order chi connectivity index (χ0) is 19.5. The summed E-state index contributed by atoms with van der Waals surface area (Å²) in [5, 5.41) is 3.16. The number of carbonyl (C=O) groups is 1. The lowest BCUT2D eigenvalue weighted by atomic mass is 10.0. The van der Waals surface area contributed by atoms with Gasteiger partial charge in [-0.1, -0.05) is 67.2 Å². The molecule has 0 saturated carbocycles. The van der Waals surface area contributed by atoms with E-state index in [1.165, 1.54) is 5.57 Å². The van der Waals surface area contributed by atoms with E-state index in [0.717, 1.165) is 42.5 Å². The Labute approximate surface area is 167 Å². The van der Waals surface area contributed by atoms with Gasteiger partial charge >= 0.3 is 0 Å². The van der Waals surface area contributed by atoms with Gasteiger partial charge in [-0.15, -0.1) is 0 Å². The van der Waals surface area contributed by atoms with E-state index in [0.29, 0.717) is 5.56 Å². The second-order valence-corrected chi connectivity index (χ2v) is 7.02. The Kier molecular flexibility index (Phi) is 10.2. The van der Waals surface area contributed by atoms with Crippen molar-refractivity contribution in [2.24, 2.45) is 0 Å². The summed E-state index contributed by atoms with van der Waals surface area (Å²) in [6.07, 6.45) is 7.61. The minimum Gasteiger partial charge on any atom is -0.349 e. The number of hydrogen-bond donors (Lipinski definition) is 1. The smallest absolute Gasteiger partial charge is 0.251 e. The third-order valence-corrected chi connectivity index (χ3v) is 5.21. The Morgan fingerprint density at radius 3 is 2.50 bits per heavy atom. The average molecular weight is 419 g/mol. The molecule has 1 aliphatic rings. The third-order valence-electron chi connectivity index (χ3n) is 4.36. The van der Waals surface area contributed by atoms with Crippen LogP contribution in [0.5, 0.6) is 0 Å². The predicted octanol–water partition coefficient (Wildman–Crippen LogP) is 5.28. The van der Waals surface area contributed by atoms with Crippen LogP contribution in [0.4, 0.5) is 0 Å². The fourth-order valence-electron chi connectivity index (χ4n) is 2.83. The summed E-state index contributed by atoms with van der Waals surface area (Å²) in [5.74, 6) is 0.00693. The van der Waals surface area contributed by atoms with Crippen molar-refractivity contribution in [3.05, 3.63) is 70.8 Å². The normalized spacial score (nSPS) is 15.6. The van der Waals surface area contributed by atoms with Gasteiger partial charge in [-0.3, -0.25) is 9.69 Å². The van der Waals surface area contributed by atoms with E-state index in [9.17, 15) is 4.79 Å². The van der Waals surface area contributed by atoms with Crippen LogP contribution in [0.2, 0.25) is 0 Å². The third kappa shape index (κ3) is 6.93. The standard InChI is InChI=1S/C20H25BrN2O.C2H6/c1-4-6-16(5-2)14-23-11-9-18(10-12-23)22-20(24)17-8-7-15(3)19(21)13-17;1-2/h4-8,13,18H,1-2,9-12,14H2,3H3,(H,22,24);1-2H3/b16-6+;. The molecule has 26 heavy (non-hydrogen) atoms. The van der Waals surface area contributed by atoms with Crippen LogP contribution in [-0.2, 0) is 0 Å². The Morgan fingerprint density at radius 2 is 1.96 bits per heavy atom. The number of piperidine rings is 1. The van der Waals surface area contributed by atoms with Crippen LogP contribution in [0, 0.1) is 6.92 Å². The molecular formula is C22H31BrN2O. The maximum absolute atomic E-state index is 12.4. The van der Waals surface area contributed by atoms with E-state index in [1.807, 2.05) is 51.1 Å². The highest BCUT2D eigenvalue weighted by Crippen LogP contribution is 2.18. The highest BCUT2D eigenvalue weighted by Gasteiger charge is 2.21. The zero-order valence-corrected chi connectivity index (χ0v) is 17.8. The fraction of sp³-hybridized carbons (Fsp3) is 0.409. The number of nitrogens with one attached hydrogen (secondary N) is 1. The van der Waals surface area contributed by atoms with E-state index in [-0.39, 0.29) is 11.9 Å². The van der Waals surface area contributed by atoms with Crippen molar-refractivity contribution in [1.82, 2.24) is 10.2 Å². The number of carbonyl (C=O) groups excluding carboxylic acids is 1. The van der Waals surface area contributed by atoms with Crippen LogP contribution in [0.3, 0.4) is 0 Å². The molecule has 3 nitrogen and oxygen atoms in total. The van der Waals surface area contributed by atoms with Crippen molar-refractivity contribution in [2.45, 2.75) is 39.7 Å². The molecule has 142 valence electrons. The first-order valence-electron chi connectivity index (χ1n) is 9.27. The highest BCUT2D eigenvalue weighted by molar-refractivity contribution is 9.10. The molecule has 1 aromatic rings. The summed E-state index contributed by atoms with van der Waals surface area (Å²) in [4.78, 5) is 14.8. The molecule has 0 unspecified atom stereocenters. The van der Waals surface area contributed by atoms with E-state index < -0.39 is 0 Å². The Morgan fingerprint density at radius 1 is 1.31 bits per heavy atom. The summed E-state index contributed by atoms with van der Waals surface area (Å²) < 4.78 is 0.968. The second-order valence-electron chi connectivity index (χ2n) is 6.17. The second kappa shape index (κ2) is 11.9. The van der Waals surface area contributed by atoms with Gasteiger partial charge in [-0.25, -0.2) is 0 Å². The highest BCUT2D eigenvalue weighted by atomic mass is 79.9. The number of hydrogen-bond acceptors (Lipinski definition) is 2. The molecule has 1 N–H and O–H groups in total. The maximum atomic E-state index is 12.4. The molecule has 4 heteroatoms. The van der Waals surface area contributed by atoms with Gasteiger partial charge in [0.2, 0.25) is 0 Å². The van der Waals surface area contributed by atoms with Crippen LogP contribution in [-0.4, -0.2) is 36.5 Å². The molecule has 1 aromatic carbocycles. The van der Waals surface area contributed by atoms with Crippen LogP contribution in [0.1, 0.15) is 42.6 Å². The lowest BCUT2D eigenvalue weighted by molar-refractivity contribution is 0.0913. The fourth-order valence-corrected chi connectivity index (χ4v) is 3.21. The van der Waals surface area contributed by atoms with Crippen LogP contribution >= 0.6 is 15.9 Å². The lowest BCUT2D eigenvalue weighted by Gasteiger charge is -2.32. The molecule has 0 aromatic heterocycles. The van der Waals surface area contributed by atoms with Gasteiger partial charge in [-0.05, 0) is 43.0 Å². The first kappa shape index (κ1) is 22.4. The quantitative estimate of drug-likeness (QED) is 0.637. The molecule has 0 spiro atoms. The molecule has 0 radical (unpaired) electrons. The van der Waals surface area contributed by atoms with Crippen LogP contribution in [0.25, 0.3) is 0 Å². The molecule has 0 atom stereocenters. The predicted molar refractivity (Wildman–Crippen MR) is 116 cm³/mol.